The first-order valence-corrected chi connectivity index (χ1v) is 7.15. The van der Waals surface area contributed by atoms with Crippen LogP contribution in [0.25, 0.3) is 0 Å². The highest BCUT2D eigenvalue weighted by atomic mass is 19.4. The van der Waals surface area contributed by atoms with Gasteiger partial charge in [-0.05, 0) is 18.2 Å². The zero-order valence-corrected chi connectivity index (χ0v) is 13.1. The fourth-order valence-corrected chi connectivity index (χ4v) is 2.20. The molecular weight excluding hydrogens is 345 g/mol. The Balaban J connectivity index is 2.10. The van der Waals surface area contributed by atoms with Crippen LogP contribution in [0.15, 0.2) is 36.4 Å². The number of likely N-dealkylation sites (N-methyl/N-ethyl adjacent to an activating group) is 1. The summed E-state index contributed by atoms with van der Waals surface area (Å²) in [7, 11) is 1.33. The van der Waals surface area contributed by atoms with Crippen LogP contribution in [0.4, 0.5) is 22.0 Å². The van der Waals surface area contributed by atoms with Crippen LogP contribution in [0.1, 0.15) is 16.7 Å². The van der Waals surface area contributed by atoms with Crippen molar-refractivity contribution in [3.63, 3.8) is 0 Å². The van der Waals surface area contributed by atoms with Gasteiger partial charge in [0.05, 0.1) is 12.0 Å². The van der Waals surface area contributed by atoms with Crippen LogP contribution in [0.3, 0.4) is 0 Å². The van der Waals surface area contributed by atoms with E-state index in [9.17, 15) is 31.9 Å². The Bertz CT molecular complexity index is 789. The first-order valence-electron chi connectivity index (χ1n) is 7.15. The van der Waals surface area contributed by atoms with Gasteiger partial charge in [0.25, 0.3) is 0 Å². The molecule has 0 saturated carbocycles. The molecule has 1 amide bonds. The number of hydrogen-bond acceptors (Lipinski definition) is 2. The average molecular weight is 359 g/mol. The van der Waals surface area contributed by atoms with Crippen molar-refractivity contribution < 1.29 is 31.9 Å². The molecule has 0 atom stereocenters. The SMILES string of the molecule is CN(Cc1ccc(C(F)(F)F)cc1F)C(=O)Cc1cccc(F)c1O. The van der Waals surface area contributed by atoms with E-state index in [1.165, 1.54) is 19.2 Å². The molecule has 0 aliphatic heterocycles. The number of carbonyl (C=O) groups is 1. The van der Waals surface area contributed by atoms with E-state index in [4.69, 9.17) is 0 Å². The van der Waals surface area contributed by atoms with Gasteiger partial charge in [0.15, 0.2) is 11.6 Å². The van der Waals surface area contributed by atoms with Crippen molar-refractivity contribution in [2.75, 3.05) is 7.05 Å². The maximum atomic E-state index is 13.8. The molecule has 3 nitrogen and oxygen atoms in total. The van der Waals surface area contributed by atoms with Crippen molar-refractivity contribution in [2.24, 2.45) is 0 Å². The predicted molar refractivity (Wildman–Crippen MR) is 79.6 cm³/mol. The molecule has 0 bridgehead atoms. The number of rotatable bonds is 4. The number of halogens is 5. The molecule has 2 rings (SSSR count). The third-order valence-electron chi connectivity index (χ3n) is 3.63. The van der Waals surface area contributed by atoms with Gasteiger partial charge in [-0.1, -0.05) is 18.2 Å². The fourth-order valence-electron chi connectivity index (χ4n) is 2.20. The maximum Gasteiger partial charge on any atom is 0.416 e. The second kappa shape index (κ2) is 7.08. The third-order valence-corrected chi connectivity index (χ3v) is 3.63. The van der Waals surface area contributed by atoms with Gasteiger partial charge < -0.3 is 10.0 Å². The molecule has 134 valence electrons. The Labute approximate surface area is 140 Å². The van der Waals surface area contributed by atoms with Gasteiger partial charge in [0.1, 0.15) is 5.82 Å². The van der Waals surface area contributed by atoms with Crippen molar-refractivity contribution in [1.29, 1.82) is 0 Å². The molecule has 0 heterocycles. The number of para-hydroxylation sites is 1. The summed E-state index contributed by atoms with van der Waals surface area (Å²) in [6, 6.07) is 5.78. The quantitative estimate of drug-likeness (QED) is 0.842. The highest BCUT2D eigenvalue weighted by Crippen LogP contribution is 2.30. The topological polar surface area (TPSA) is 40.5 Å². The molecular formula is C17H14F5NO2. The predicted octanol–water partition coefficient (Wildman–Crippen LogP) is 3.89. The number of carbonyl (C=O) groups excluding carboxylic acids is 1. The Morgan fingerprint density at radius 1 is 1.08 bits per heavy atom. The highest BCUT2D eigenvalue weighted by molar-refractivity contribution is 5.79. The zero-order chi connectivity index (χ0) is 18.8. The fraction of sp³-hybridized carbons (Fsp3) is 0.235. The number of aromatic hydroxyl groups is 1. The molecule has 0 aliphatic carbocycles. The lowest BCUT2D eigenvalue weighted by molar-refractivity contribution is -0.138. The summed E-state index contributed by atoms with van der Waals surface area (Å²) in [5.74, 6) is -3.16. The summed E-state index contributed by atoms with van der Waals surface area (Å²) in [5, 5.41) is 9.56. The van der Waals surface area contributed by atoms with Crippen LogP contribution >= 0.6 is 0 Å². The van der Waals surface area contributed by atoms with E-state index < -0.39 is 35.0 Å². The highest BCUT2D eigenvalue weighted by Gasteiger charge is 2.31. The summed E-state index contributed by atoms with van der Waals surface area (Å²) in [6.45, 7) is -0.265. The third kappa shape index (κ3) is 4.46. The summed E-state index contributed by atoms with van der Waals surface area (Å²) in [5.41, 5.74) is -1.15. The van der Waals surface area contributed by atoms with Crippen molar-refractivity contribution in [1.82, 2.24) is 4.90 Å². The van der Waals surface area contributed by atoms with E-state index in [1.807, 2.05) is 0 Å². The number of benzene rings is 2. The first kappa shape index (κ1) is 18.7. The van der Waals surface area contributed by atoms with E-state index in [0.717, 1.165) is 23.1 Å². The Morgan fingerprint density at radius 3 is 2.36 bits per heavy atom. The zero-order valence-electron chi connectivity index (χ0n) is 13.1. The molecule has 0 spiro atoms. The van der Waals surface area contributed by atoms with E-state index in [1.54, 1.807) is 0 Å². The van der Waals surface area contributed by atoms with Gasteiger partial charge in [-0.3, -0.25) is 4.79 Å². The minimum Gasteiger partial charge on any atom is -0.505 e. The molecule has 2 aromatic rings. The largest absolute Gasteiger partial charge is 0.505 e. The van der Waals surface area contributed by atoms with Crippen LogP contribution < -0.4 is 0 Å². The van der Waals surface area contributed by atoms with Crippen LogP contribution in [0, 0.1) is 11.6 Å². The standard InChI is InChI=1S/C17H14F5NO2/c1-23(15(24)7-10-3-2-4-13(18)16(10)25)9-11-5-6-12(8-14(11)19)17(20,21)22/h2-6,8,25H,7,9H2,1H3. The number of phenolic OH excluding ortho intramolecular Hbond substituents is 1. The molecule has 0 fully saturated rings. The number of amides is 1. The lowest BCUT2D eigenvalue weighted by Crippen LogP contribution is -2.28. The minimum atomic E-state index is -4.66. The van der Waals surface area contributed by atoms with Gasteiger partial charge >= 0.3 is 6.18 Å². The number of phenols is 1. The van der Waals surface area contributed by atoms with Crippen LogP contribution in [-0.4, -0.2) is 23.0 Å². The minimum absolute atomic E-state index is 0.0599. The number of alkyl halides is 3. The summed E-state index contributed by atoms with van der Waals surface area (Å²) in [6.07, 6.45) is -4.99. The summed E-state index contributed by atoms with van der Waals surface area (Å²) >= 11 is 0. The van der Waals surface area contributed by atoms with Crippen LogP contribution in [0.2, 0.25) is 0 Å². The van der Waals surface area contributed by atoms with E-state index in [2.05, 4.69) is 0 Å². The smallest absolute Gasteiger partial charge is 0.416 e. The molecule has 0 radical (unpaired) electrons. The second-order valence-corrected chi connectivity index (χ2v) is 5.48. The van der Waals surface area contributed by atoms with Crippen molar-refractivity contribution >= 4 is 5.91 Å². The van der Waals surface area contributed by atoms with Gasteiger partial charge in [-0.15, -0.1) is 0 Å². The van der Waals surface area contributed by atoms with Crippen LogP contribution in [0.5, 0.6) is 5.75 Å². The molecule has 1 N–H and O–H groups in total. The maximum absolute atomic E-state index is 13.8. The lowest BCUT2D eigenvalue weighted by Gasteiger charge is -2.18. The average Bonchev–Trinajstić information content (AvgIpc) is 2.52. The normalized spacial score (nSPS) is 11.4. The second-order valence-electron chi connectivity index (χ2n) is 5.48. The van der Waals surface area contributed by atoms with E-state index in [0.29, 0.717) is 6.07 Å². The molecule has 0 unspecified atom stereocenters. The van der Waals surface area contributed by atoms with E-state index in [-0.39, 0.29) is 24.1 Å². The van der Waals surface area contributed by atoms with Crippen molar-refractivity contribution in [3.8, 4) is 5.75 Å². The van der Waals surface area contributed by atoms with Crippen LogP contribution in [-0.2, 0) is 23.9 Å². The van der Waals surface area contributed by atoms with E-state index >= 15 is 0 Å². The van der Waals surface area contributed by atoms with Gasteiger partial charge in [0.2, 0.25) is 5.91 Å². The number of hydrogen-bond donors (Lipinski definition) is 1. The Hall–Kier alpha value is -2.64. The van der Waals surface area contributed by atoms with Gasteiger partial charge in [0, 0.05) is 24.7 Å². The molecule has 2 aromatic carbocycles. The summed E-state index contributed by atoms with van der Waals surface area (Å²) < 4.78 is 64.6. The molecule has 25 heavy (non-hydrogen) atoms. The molecule has 8 heteroatoms. The molecule has 0 aromatic heterocycles. The first-order chi connectivity index (χ1) is 11.6. The summed E-state index contributed by atoms with van der Waals surface area (Å²) in [4.78, 5) is 13.2. The number of nitrogens with zero attached hydrogens (tertiary/aromatic N) is 1. The monoisotopic (exact) mass is 359 g/mol. The van der Waals surface area contributed by atoms with Gasteiger partial charge in [-0.25, -0.2) is 8.78 Å². The molecule has 0 saturated heterocycles. The lowest BCUT2D eigenvalue weighted by atomic mass is 10.1. The Morgan fingerprint density at radius 2 is 1.76 bits per heavy atom. The molecule has 0 aliphatic rings. The van der Waals surface area contributed by atoms with Crippen molar-refractivity contribution in [2.45, 2.75) is 19.1 Å². The Kier molecular flexibility index (Phi) is 5.30. The van der Waals surface area contributed by atoms with Gasteiger partial charge in [-0.2, -0.15) is 13.2 Å². The van der Waals surface area contributed by atoms with Crippen molar-refractivity contribution in [3.05, 3.63) is 64.7 Å².